The predicted molar refractivity (Wildman–Crippen MR) is 80.9 cm³/mol. The summed E-state index contributed by atoms with van der Waals surface area (Å²) in [6.07, 6.45) is 2.74. The minimum Gasteiger partial charge on any atom is -0.508 e. The second-order valence-electron chi connectivity index (χ2n) is 6.21. The fraction of sp³-hybridized carbons (Fsp3) is 0.647. The van der Waals surface area contributed by atoms with Gasteiger partial charge in [0.2, 0.25) is 0 Å². The number of epoxide rings is 1. The molecule has 2 heteroatoms. The van der Waals surface area contributed by atoms with Crippen LogP contribution in [0.1, 0.15) is 57.2 Å². The first-order chi connectivity index (χ1) is 8.81. The van der Waals surface area contributed by atoms with E-state index >= 15 is 0 Å². The fourth-order valence-corrected chi connectivity index (χ4v) is 2.87. The number of benzene rings is 1. The Labute approximate surface area is 117 Å². The van der Waals surface area contributed by atoms with Crippen molar-refractivity contribution in [3.63, 3.8) is 0 Å². The molecule has 1 fully saturated rings. The van der Waals surface area contributed by atoms with Crippen LogP contribution in [0.4, 0.5) is 0 Å². The number of hydrogen-bond donors (Lipinski definition) is 1. The maximum Gasteiger partial charge on any atom is 0.116 e. The van der Waals surface area contributed by atoms with Crippen molar-refractivity contribution in [3.05, 3.63) is 28.8 Å². The molecule has 0 bridgehead atoms. The van der Waals surface area contributed by atoms with Gasteiger partial charge in [0, 0.05) is 0 Å². The summed E-state index contributed by atoms with van der Waals surface area (Å²) >= 11 is 0. The normalized spacial score (nSPS) is 17.7. The highest BCUT2D eigenvalue weighted by Gasteiger charge is 2.34. The lowest BCUT2D eigenvalue weighted by Gasteiger charge is -2.28. The van der Waals surface area contributed by atoms with Crippen LogP contribution in [-0.4, -0.2) is 17.8 Å². The Bertz CT molecular complexity index is 394. The standard InChI is InChI=1S/C14H20O2.C3H8/c1-9-5-11(15)6-10(2)13(9)14(3,4)7-12-8-16-12;1-3-2/h5-6,12,15H,7-8H2,1-4H3;3H2,1-2H3. The molecule has 1 heterocycles. The largest absolute Gasteiger partial charge is 0.508 e. The minimum absolute atomic E-state index is 0.114. The summed E-state index contributed by atoms with van der Waals surface area (Å²) in [4.78, 5) is 0. The van der Waals surface area contributed by atoms with Gasteiger partial charge >= 0.3 is 0 Å². The first-order valence-corrected chi connectivity index (χ1v) is 7.24. The second-order valence-corrected chi connectivity index (χ2v) is 6.21. The van der Waals surface area contributed by atoms with Gasteiger partial charge in [0.25, 0.3) is 0 Å². The third kappa shape index (κ3) is 4.54. The number of aryl methyl sites for hydroxylation is 2. The van der Waals surface area contributed by atoms with Crippen molar-refractivity contribution >= 4 is 0 Å². The first-order valence-electron chi connectivity index (χ1n) is 7.24. The van der Waals surface area contributed by atoms with Gasteiger partial charge in [-0.3, -0.25) is 0 Å². The van der Waals surface area contributed by atoms with Crippen LogP contribution in [-0.2, 0) is 10.2 Å². The van der Waals surface area contributed by atoms with Gasteiger partial charge in [-0.05, 0) is 54.5 Å². The average molecular weight is 264 g/mol. The Morgan fingerprint density at radius 3 is 2.00 bits per heavy atom. The van der Waals surface area contributed by atoms with Gasteiger partial charge in [-0.2, -0.15) is 0 Å². The summed E-state index contributed by atoms with van der Waals surface area (Å²) < 4.78 is 5.32. The molecule has 0 saturated carbocycles. The zero-order valence-electron chi connectivity index (χ0n) is 13.2. The van der Waals surface area contributed by atoms with Crippen LogP contribution in [0.25, 0.3) is 0 Å². The number of rotatable bonds is 3. The van der Waals surface area contributed by atoms with Crippen molar-refractivity contribution in [2.24, 2.45) is 0 Å². The van der Waals surface area contributed by atoms with Crippen LogP contribution in [0.3, 0.4) is 0 Å². The van der Waals surface area contributed by atoms with Gasteiger partial charge in [0.15, 0.2) is 0 Å². The van der Waals surface area contributed by atoms with Crippen LogP contribution in [0.15, 0.2) is 12.1 Å². The van der Waals surface area contributed by atoms with Gasteiger partial charge < -0.3 is 9.84 Å². The summed E-state index contributed by atoms with van der Waals surface area (Å²) in [5.41, 5.74) is 3.80. The highest BCUT2D eigenvalue weighted by Crippen LogP contribution is 2.37. The van der Waals surface area contributed by atoms with E-state index in [-0.39, 0.29) is 5.41 Å². The third-order valence-corrected chi connectivity index (χ3v) is 3.33. The molecule has 0 aromatic heterocycles. The Balaban J connectivity index is 0.000000550. The quantitative estimate of drug-likeness (QED) is 0.816. The Morgan fingerprint density at radius 1 is 1.21 bits per heavy atom. The molecule has 1 aliphatic heterocycles. The topological polar surface area (TPSA) is 32.8 Å². The minimum atomic E-state index is 0.114. The molecule has 2 rings (SSSR count). The SMILES string of the molecule is CCC.Cc1cc(O)cc(C)c1C(C)(C)CC1CO1. The number of phenols is 1. The molecule has 1 aromatic carbocycles. The molecular formula is C17H28O2. The lowest BCUT2D eigenvalue weighted by Crippen LogP contribution is -2.22. The highest BCUT2D eigenvalue weighted by molar-refractivity contribution is 5.44. The van der Waals surface area contributed by atoms with E-state index in [1.54, 1.807) is 0 Å². The van der Waals surface area contributed by atoms with E-state index in [9.17, 15) is 5.11 Å². The average Bonchev–Trinajstić information content (AvgIpc) is 2.99. The van der Waals surface area contributed by atoms with E-state index in [4.69, 9.17) is 4.74 Å². The van der Waals surface area contributed by atoms with Crippen molar-refractivity contribution in [1.29, 1.82) is 0 Å². The van der Waals surface area contributed by atoms with Gasteiger partial charge in [-0.15, -0.1) is 0 Å². The van der Waals surface area contributed by atoms with Crippen molar-refractivity contribution in [2.75, 3.05) is 6.61 Å². The Kier molecular flexibility index (Phi) is 5.42. The van der Waals surface area contributed by atoms with E-state index in [1.165, 1.54) is 23.1 Å². The van der Waals surface area contributed by atoms with Crippen LogP contribution in [0, 0.1) is 13.8 Å². The Hall–Kier alpha value is -1.02. The second kappa shape index (κ2) is 6.42. The molecule has 2 nitrogen and oxygen atoms in total. The predicted octanol–water partition coefficient (Wildman–Crippen LogP) is 4.49. The smallest absolute Gasteiger partial charge is 0.116 e. The summed E-state index contributed by atoms with van der Waals surface area (Å²) in [5, 5.41) is 9.55. The molecule has 1 aromatic rings. The van der Waals surface area contributed by atoms with Crippen LogP contribution in [0.5, 0.6) is 5.75 Å². The summed E-state index contributed by atoms with van der Waals surface area (Å²) in [6, 6.07) is 3.69. The maximum atomic E-state index is 9.55. The zero-order chi connectivity index (χ0) is 14.6. The molecule has 108 valence electrons. The van der Waals surface area contributed by atoms with Crippen molar-refractivity contribution in [3.8, 4) is 5.75 Å². The molecule has 1 N–H and O–H groups in total. The summed E-state index contributed by atoms with van der Waals surface area (Å²) in [6.45, 7) is 13.8. The zero-order valence-corrected chi connectivity index (χ0v) is 13.2. The van der Waals surface area contributed by atoms with Gasteiger partial charge in [0.1, 0.15) is 5.75 Å². The molecule has 1 saturated heterocycles. The maximum absolute atomic E-state index is 9.55. The van der Waals surface area contributed by atoms with E-state index in [1.807, 2.05) is 12.1 Å². The monoisotopic (exact) mass is 264 g/mol. The van der Waals surface area contributed by atoms with E-state index in [0.29, 0.717) is 11.9 Å². The number of aromatic hydroxyl groups is 1. The van der Waals surface area contributed by atoms with E-state index in [0.717, 1.165) is 13.0 Å². The molecule has 0 amide bonds. The molecule has 1 atom stereocenters. The summed E-state index contributed by atoms with van der Waals surface area (Å²) in [5.74, 6) is 0.359. The first kappa shape index (κ1) is 16.0. The number of ether oxygens (including phenoxy) is 1. The van der Waals surface area contributed by atoms with Crippen molar-refractivity contribution in [1.82, 2.24) is 0 Å². The van der Waals surface area contributed by atoms with Crippen molar-refractivity contribution < 1.29 is 9.84 Å². The fourth-order valence-electron chi connectivity index (χ4n) is 2.87. The van der Waals surface area contributed by atoms with Crippen LogP contribution in [0.2, 0.25) is 0 Å². The highest BCUT2D eigenvalue weighted by atomic mass is 16.6. The van der Waals surface area contributed by atoms with E-state index in [2.05, 4.69) is 41.5 Å². The molecule has 19 heavy (non-hydrogen) atoms. The lowest BCUT2D eigenvalue weighted by molar-refractivity contribution is 0.344. The third-order valence-electron chi connectivity index (χ3n) is 3.33. The molecule has 0 radical (unpaired) electrons. The van der Waals surface area contributed by atoms with Gasteiger partial charge in [-0.1, -0.05) is 34.1 Å². The molecular weight excluding hydrogens is 236 g/mol. The van der Waals surface area contributed by atoms with Crippen molar-refractivity contribution in [2.45, 2.75) is 65.9 Å². The van der Waals surface area contributed by atoms with Gasteiger partial charge in [0.05, 0.1) is 12.7 Å². The number of phenolic OH excluding ortho intramolecular Hbond substituents is 1. The Morgan fingerprint density at radius 2 is 1.63 bits per heavy atom. The molecule has 0 spiro atoms. The number of hydrogen-bond acceptors (Lipinski definition) is 2. The van der Waals surface area contributed by atoms with Crippen LogP contribution >= 0.6 is 0 Å². The molecule has 0 aliphatic carbocycles. The van der Waals surface area contributed by atoms with Gasteiger partial charge in [-0.25, -0.2) is 0 Å². The molecule has 1 unspecified atom stereocenters. The lowest BCUT2D eigenvalue weighted by atomic mass is 9.76. The summed E-state index contributed by atoms with van der Waals surface area (Å²) in [7, 11) is 0. The van der Waals surface area contributed by atoms with Crippen LogP contribution < -0.4 is 0 Å². The van der Waals surface area contributed by atoms with E-state index < -0.39 is 0 Å². The molecule has 1 aliphatic rings.